The molecule has 1 amide bonds. The minimum Gasteiger partial charge on any atom is -0.496 e. The summed E-state index contributed by atoms with van der Waals surface area (Å²) in [6.07, 6.45) is 0. The van der Waals surface area contributed by atoms with Gasteiger partial charge in [0.05, 0.1) is 20.0 Å². The summed E-state index contributed by atoms with van der Waals surface area (Å²) < 4.78 is 9.66. The van der Waals surface area contributed by atoms with Crippen LogP contribution in [0.1, 0.15) is 10.4 Å². The van der Waals surface area contributed by atoms with Gasteiger partial charge >= 0.3 is 5.97 Å². The number of anilines is 1. The second kappa shape index (κ2) is 6.15. The quantitative estimate of drug-likeness (QED) is 0.629. The highest BCUT2D eigenvalue weighted by molar-refractivity contribution is 7.81. The molecule has 0 bridgehead atoms. The lowest BCUT2D eigenvalue weighted by Crippen LogP contribution is -2.13. The van der Waals surface area contributed by atoms with Crippen molar-refractivity contribution < 1.29 is 19.1 Å². The maximum absolute atomic E-state index is 11.4. The first-order valence-corrected chi connectivity index (χ1v) is 5.42. The van der Waals surface area contributed by atoms with Crippen LogP contribution in [0.5, 0.6) is 5.75 Å². The third kappa shape index (κ3) is 3.39. The van der Waals surface area contributed by atoms with E-state index < -0.39 is 5.97 Å². The Morgan fingerprint density at radius 1 is 1.35 bits per heavy atom. The number of benzene rings is 1. The number of hydrogen-bond acceptors (Lipinski definition) is 5. The average molecular weight is 255 g/mol. The Labute approximate surface area is 105 Å². The molecule has 0 aliphatic heterocycles. The molecule has 0 aliphatic rings. The van der Waals surface area contributed by atoms with E-state index in [4.69, 9.17) is 4.74 Å². The maximum Gasteiger partial charge on any atom is 0.341 e. The van der Waals surface area contributed by atoms with Crippen LogP contribution in [0.3, 0.4) is 0 Å². The third-order valence-corrected chi connectivity index (χ3v) is 2.32. The molecule has 0 unspecified atom stereocenters. The SMILES string of the molecule is COC(=O)c1ccc(NC(=O)CS)cc1OC. The second-order valence-corrected chi connectivity index (χ2v) is 3.43. The number of ether oxygens (including phenoxy) is 2. The monoisotopic (exact) mass is 255 g/mol. The van der Waals surface area contributed by atoms with Gasteiger partial charge in [0.2, 0.25) is 5.91 Å². The van der Waals surface area contributed by atoms with Crippen molar-refractivity contribution in [2.24, 2.45) is 0 Å². The molecule has 0 atom stereocenters. The van der Waals surface area contributed by atoms with E-state index in [1.54, 1.807) is 12.1 Å². The number of esters is 1. The molecule has 0 spiro atoms. The van der Waals surface area contributed by atoms with Crippen LogP contribution in [0.25, 0.3) is 0 Å². The number of thiol groups is 1. The van der Waals surface area contributed by atoms with Crippen LogP contribution in [-0.2, 0) is 9.53 Å². The van der Waals surface area contributed by atoms with Crippen molar-refractivity contribution in [3.63, 3.8) is 0 Å². The van der Waals surface area contributed by atoms with E-state index in [1.165, 1.54) is 20.3 Å². The first kappa shape index (κ1) is 13.4. The van der Waals surface area contributed by atoms with Gasteiger partial charge in [0.1, 0.15) is 11.3 Å². The summed E-state index contributed by atoms with van der Waals surface area (Å²) >= 11 is 3.85. The summed E-state index contributed by atoms with van der Waals surface area (Å²) in [4.78, 5) is 22.5. The Hall–Kier alpha value is -1.69. The summed E-state index contributed by atoms with van der Waals surface area (Å²) in [6.45, 7) is 0. The number of carbonyl (C=O) groups excluding carboxylic acids is 2. The standard InChI is InChI=1S/C11H13NO4S/c1-15-9-5-7(12-10(13)6-17)3-4-8(9)11(14)16-2/h3-5,17H,6H2,1-2H3,(H,12,13). The first-order valence-electron chi connectivity index (χ1n) is 4.79. The third-order valence-electron chi connectivity index (χ3n) is 2.03. The highest BCUT2D eigenvalue weighted by Crippen LogP contribution is 2.23. The van der Waals surface area contributed by atoms with E-state index in [9.17, 15) is 9.59 Å². The van der Waals surface area contributed by atoms with Gasteiger partial charge in [0.15, 0.2) is 0 Å². The van der Waals surface area contributed by atoms with Crippen molar-refractivity contribution in [3.8, 4) is 5.75 Å². The van der Waals surface area contributed by atoms with E-state index in [2.05, 4.69) is 22.7 Å². The smallest absolute Gasteiger partial charge is 0.341 e. The van der Waals surface area contributed by atoms with E-state index in [0.29, 0.717) is 17.0 Å². The molecule has 0 aliphatic carbocycles. The molecule has 17 heavy (non-hydrogen) atoms. The maximum atomic E-state index is 11.4. The zero-order valence-electron chi connectivity index (χ0n) is 9.52. The van der Waals surface area contributed by atoms with Crippen LogP contribution < -0.4 is 10.1 Å². The zero-order chi connectivity index (χ0) is 12.8. The molecule has 1 rings (SSSR count). The molecule has 0 heterocycles. The van der Waals surface area contributed by atoms with Crippen LogP contribution in [0.15, 0.2) is 18.2 Å². The lowest BCUT2D eigenvalue weighted by Gasteiger charge is -2.09. The highest BCUT2D eigenvalue weighted by atomic mass is 32.1. The predicted octanol–water partition coefficient (Wildman–Crippen LogP) is 1.35. The minimum absolute atomic E-state index is 0.0844. The Kier molecular flexibility index (Phi) is 4.84. The van der Waals surface area contributed by atoms with Crippen LogP contribution >= 0.6 is 12.6 Å². The second-order valence-electron chi connectivity index (χ2n) is 3.11. The summed E-state index contributed by atoms with van der Waals surface area (Å²) in [7, 11) is 2.73. The number of methoxy groups -OCH3 is 2. The fourth-order valence-corrected chi connectivity index (χ4v) is 1.33. The molecule has 0 radical (unpaired) electrons. The molecule has 0 aromatic heterocycles. The topological polar surface area (TPSA) is 64.6 Å². The van der Waals surface area contributed by atoms with Crippen molar-refractivity contribution in [1.82, 2.24) is 0 Å². The fourth-order valence-electron chi connectivity index (χ4n) is 1.25. The largest absolute Gasteiger partial charge is 0.496 e. The van der Waals surface area contributed by atoms with Gasteiger partial charge in [-0.05, 0) is 12.1 Å². The molecular formula is C11H13NO4S. The highest BCUT2D eigenvalue weighted by Gasteiger charge is 2.13. The van der Waals surface area contributed by atoms with Crippen molar-refractivity contribution in [3.05, 3.63) is 23.8 Å². The normalized spacial score (nSPS) is 9.59. The molecule has 0 saturated carbocycles. The van der Waals surface area contributed by atoms with E-state index in [0.717, 1.165) is 0 Å². The predicted molar refractivity (Wildman–Crippen MR) is 66.8 cm³/mol. The van der Waals surface area contributed by atoms with Gasteiger partial charge in [-0.25, -0.2) is 4.79 Å². The lowest BCUT2D eigenvalue weighted by atomic mass is 10.2. The summed E-state index contributed by atoms with van der Waals surface area (Å²) in [5, 5.41) is 2.60. The van der Waals surface area contributed by atoms with E-state index >= 15 is 0 Å². The summed E-state index contributed by atoms with van der Waals surface area (Å²) in [6, 6.07) is 4.67. The molecule has 1 N–H and O–H groups in total. The van der Waals surface area contributed by atoms with Crippen molar-refractivity contribution in [2.45, 2.75) is 0 Å². The molecular weight excluding hydrogens is 242 g/mol. The van der Waals surface area contributed by atoms with Gasteiger partial charge in [-0.3, -0.25) is 4.79 Å². The molecule has 0 fully saturated rings. The Balaban J connectivity index is 3.00. The van der Waals surface area contributed by atoms with Gasteiger partial charge in [0.25, 0.3) is 0 Å². The van der Waals surface area contributed by atoms with Gasteiger partial charge in [0, 0.05) is 11.8 Å². The molecule has 1 aromatic carbocycles. The molecule has 5 nitrogen and oxygen atoms in total. The van der Waals surface area contributed by atoms with Crippen LogP contribution in [0.4, 0.5) is 5.69 Å². The number of amides is 1. The Morgan fingerprint density at radius 2 is 2.06 bits per heavy atom. The molecule has 92 valence electrons. The van der Waals surface area contributed by atoms with Crippen LogP contribution in [-0.4, -0.2) is 31.8 Å². The Bertz CT molecular complexity index is 433. The fraction of sp³-hybridized carbons (Fsp3) is 0.273. The number of nitrogens with one attached hydrogen (secondary N) is 1. The van der Waals surface area contributed by atoms with Crippen molar-refractivity contribution in [1.29, 1.82) is 0 Å². The van der Waals surface area contributed by atoms with Crippen molar-refractivity contribution >= 4 is 30.2 Å². The molecule has 1 aromatic rings. The zero-order valence-corrected chi connectivity index (χ0v) is 10.4. The lowest BCUT2D eigenvalue weighted by molar-refractivity contribution is -0.113. The summed E-state index contributed by atoms with van der Waals surface area (Å²) in [5.41, 5.74) is 0.840. The number of carbonyl (C=O) groups is 2. The van der Waals surface area contributed by atoms with Crippen molar-refractivity contribution in [2.75, 3.05) is 25.3 Å². The van der Waals surface area contributed by atoms with Gasteiger partial charge < -0.3 is 14.8 Å². The Morgan fingerprint density at radius 3 is 2.59 bits per heavy atom. The van der Waals surface area contributed by atoms with Gasteiger partial charge in [-0.15, -0.1) is 0 Å². The number of rotatable bonds is 4. The average Bonchev–Trinajstić information content (AvgIpc) is 2.37. The van der Waals surface area contributed by atoms with Crippen LogP contribution in [0, 0.1) is 0 Å². The number of hydrogen-bond donors (Lipinski definition) is 2. The minimum atomic E-state index is -0.492. The van der Waals surface area contributed by atoms with E-state index in [-0.39, 0.29) is 11.7 Å². The van der Waals surface area contributed by atoms with E-state index in [1.807, 2.05) is 0 Å². The summed E-state index contributed by atoms with van der Waals surface area (Å²) in [5.74, 6) is -0.301. The van der Waals surface area contributed by atoms with Crippen LogP contribution in [0.2, 0.25) is 0 Å². The molecule has 6 heteroatoms. The van der Waals surface area contributed by atoms with Gasteiger partial charge in [-0.2, -0.15) is 12.6 Å². The first-order chi connectivity index (χ1) is 8.12. The molecule has 0 saturated heterocycles. The van der Waals surface area contributed by atoms with Gasteiger partial charge in [-0.1, -0.05) is 0 Å².